The number of carbonyl (C=O) groups excluding carboxylic acids is 2. The van der Waals surface area contributed by atoms with E-state index in [1.54, 1.807) is 31.2 Å². The van der Waals surface area contributed by atoms with Crippen LogP contribution in [0.1, 0.15) is 25.0 Å². The molecule has 0 saturated heterocycles. The topological polar surface area (TPSA) is 52.6 Å². The summed E-state index contributed by atoms with van der Waals surface area (Å²) in [6.07, 6.45) is 2.42. The first kappa shape index (κ1) is 15.0. The number of esters is 1. The Bertz CT molecular complexity index is 446. The third-order valence-electron chi connectivity index (χ3n) is 2.44. The standard InChI is InChI=1S/C15H18O4/c1-3-18-11-14(10-16)13-7-5-12(6-8-13)9-15(17)19-4-2/h5-8,10-11H,3-4,9H2,1-2H3/b14-11-. The van der Waals surface area contributed by atoms with Crippen LogP contribution in [-0.4, -0.2) is 25.5 Å². The number of carbonyl (C=O) groups is 2. The summed E-state index contributed by atoms with van der Waals surface area (Å²) in [4.78, 5) is 22.3. The van der Waals surface area contributed by atoms with Gasteiger partial charge >= 0.3 is 5.97 Å². The molecule has 0 saturated carbocycles. The molecular weight excluding hydrogens is 244 g/mol. The van der Waals surface area contributed by atoms with E-state index >= 15 is 0 Å². The SMILES string of the molecule is CCO/C=C(/C=O)c1ccc(CC(=O)OCC)cc1. The molecule has 0 bridgehead atoms. The van der Waals surface area contributed by atoms with Crippen molar-refractivity contribution in [3.05, 3.63) is 41.7 Å². The van der Waals surface area contributed by atoms with Crippen molar-refractivity contribution in [3.8, 4) is 0 Å². The van der Waals surface area contributed by atoms with Gasteiger partial charge in [-0.05, 0) is 25.0 Å². The number of aldehydes is 1. The van der Waals surface area contributed by atoms with Gasteiger partial charge in [-0.3, -0.25) is 9.59 Å². The van der Waals surface area contributed by atoms with Crippen LogP contribution in [0.25, 0.3) is 5.57 Å². The van der Waals surface area contributed by atoms with Gasteiger partial charge in [-0.15, -0.1) is 0 Å². The van der Waals surface area contributed by atoms with Crippen molar-refractivity contribution in [1.82, 2.24) is 0 Å². The predicted octanol–water partition coefficient (Wildman–Crippen LogP) is 2.37. The van der Waals surface area contributed by atoms with E-state index in [2.05, 4.69) is 0 Å². The van der Waals surface area contributed by atoms with Crippen molar-refractivity contribution in [1.29, 1.82) is 0 Å². The average molecular weight is 262 g/mol. The number of ether oxygens (including phenoxy) is 2. The summed E-state index contributed by atoms with van der Waals surface area (Å²) in [5.41, 5.74) is 2.09. The van der Waals surface area contributed by atoms with Gasteiger partial charge in [0.1, 0.15) is 0 Å². The summed E-state index contributed by atoms with van der Waals surface area (Å²) in [6, 6.07) is 7.17. The molecule has 0 aliphatic heterocycles. The fraction of sp³-hybridized carbons (Fsp3) is 0.333. The Morgan fingerprint density at radius 2 is 1.84 bits per heavy atom. The van der Waals surface area contributed by atoms with E-state index < -0.39 is 0 Å². The maximum absolute atomic E-state index is 11.3. The lowest BCUT2D eigenvalue weighted by atomic mass is 10.0. The molecule has 1 aromatic rings. The summed E-state index contributed by atoms with van der Waals surface area (Å²) >= 11 is 0. The third kappa shape index (κ3) is 4.95. The minimum atomic E-state index is -0.254. The quantitative estimate of drug-likeness (QED) is 0.327. The van der Waals surface area contributed by atoms with E-state index in [0.29, 0.717) is 18.8 Å². The van der Waals surface area contributed by atoms with Gasteiger partial charge < -0.3 is 9.47 Å². The Kier molecular flexibility index (Phi) is 6.36. The summed E-state index contributed by atoms with van der Waals surface area (Å²) in [5, 5.41) is 0. The van der Waals surface area contributed by atoms with Crippen LogP contribution in [0, 0.1) is 0 Å². The fourth-order valence-electron chi connectivity index (χ4n) is 1.53. The van der Waals surface area contributed by atoms with Gasteiger partial charge in [0.25, 0.3) is 0 Å². The molecule has 0 radical (unpaired) electrons. The molecule has 1 rings (SSSR count). The highest BCUT2D eigenvalue weighted by Gasteiger charge is 2.05. The van der Waals surface area contributed by atoms with Crippen molar-refractivity contribution in [2.45, 2.75) is 20.3 Å². The maximum atomic E-state index is 11.3. The summed E-state index contributed by atoms with van der Waals surface area (Å²) in [6.45, 7) is 4.51. The third-order valence-corrected chi connectivity index (χ3v) is 2.44. The van der Waals surface area contributed by atoms with Crippen molar-refractivity contribution < 1.29 is 19.1 Å². The molecule has 0 spiro atoms. The molecule has 0 unspecified atom stereocenters. The molecule has 0 fully saturated rings. The van der Waals surface area contributed by atoms with Crippen molar-refractivity contribution in [2.75, 3.05) is 13.2 Å². The number of benzene rings is 1. The van der Waals surface area contributed by atoms with Gasteiger partial charge in [-0.2, -0.15) is 0 Å². The first-order valence-corrected chi connectivity index (χ1v) is 6.23. The zero-order valence-electron chi connectivity index (χ0n) is 11.2. The van der Waals surface area contributed by atoms with E-state index in [1.165, 1.54) is 6.26 Å². The summed E-state index contributed by atoms with van der Waals surface area (Å²) < 4.78 is 9.97. The molecule has 19 heavy (non-hydrogen) atoms. The fourth-order valence-corrected chi connectivity index (χ4v) is 1.53. The lowest BCUT2D eigenvalue weighted by molar-refractivity contribution is -0.142. The van der Waals surface area contributed by atoms with Gasteiger partial charge in [0.05, 0.1) is 31.5 Å². The zero-order valence-corrected chi connectivity index (χ0v) is 11.2. The monoisotopic (exact) mass is 262 g/mol. The first-order valence-electron chi connectivity index (χ1n) is 6.23. The van der Waals surface area contributed by atoms with Gasteiger partial charge in [0.15, 0.2) is 6.29 Å². The van der Waals surface area contributed by atoms with Gasteiger partial charge in [-0.25, -0.2) is 0 Å². The van der Waals surface area contributed by atoms with E-state index in [1.807, 2.05) is 6.92 Å². The van der Waals surface area contributed by atoms with Crippen LogP contribution in [-0.2, 0) is 25.5 Å². The molecule has 102 valence electrons. The molecule has 0 N–H and O–H groups in total. The van der Waals surface area contributed by atoms with Crippen molar-refractivity contribution >= 4 is 17.8 Å². The van der Waals surface area contributed by atoms with E-state index in [4.69, 9.17) is 9.47 Å². The predicted molar refractivity (Wildman–Crippen MR) is 72.4 cm³/mol. The maximum Gasteiger partial charge on any atom is 0.310 e. The Labute approximate surface area is 113 Å². The second kappa shape index (κ2) is 8.08. The number of allylic oxidation sites excluding steroid dienone is 1. The van der Waals surface area contributed by atoms with Gasteiger partial charge in [0.2, 0.25) is 0 Å². The van der Waals surface area contributed by atoms with Crippen molar-refractivity contribution in [3.63, 3.8) is 0 Å². The van der Waals surface area contributed by atoms with Crippen LogP contribution in [0.5, 0.6) is 0 Å². The molecule has 0 amide bonds. The minimum absolute atomic E-state index is 0.236. The van der Waals surface area contributed by atoms with Crippen LogP contribution in [0.2, 0.25) is 0 Å². The Hall–Kier alpha value is -2.10. The van der Waals surface area contributed by atoms with Crippen LogP contribution < -0.4 is 0 Å². The Morgan fingerprint density at radius 1 is 1.16 bits per heavy atom. The molecular formula is C15H18O4. The zero-order chi connectivity index (χ0) is 14.1. The molecule has 1 aromatic carbocycles. The van der Waals surface area contributed by atoms with Crippen LogP contribution in [0.3, 0.4) is 0 Å². The second-order valence-corrected chi connectivity index (χ2v) is 3.83. The van der Waals surface area contributed by atoms with Crippen LogP contribution in [0.4, 0.5) is 0 Å². The molecule has 0 aromatic heterocycles. The number of hydrogen-bond donors (Lipinski definition) is 0. The molecule has 0 atom stereocenters. The molecule has 0 heterocycles. The Balaban J connectivity index is 2.75. The Morgan fingerprint density at radius 3 is 2.37 bits per heavy atom. The molecule has 0 aliphatic rings. The average Bonchev–Trinajstić information content (AvgIpc) is 2.41. The highest BCUT2D eigenvalue weighted by molar-refractivity contribution is 6.06. The lowest BCUT2D eigenvalue weighted by Gasteiger charge is -2.04. The van der Waals surface area contributed by atoms with Gasteiger partial charge in [0, 0.05) is 0 Å². The minimum Gasteiger partial charge on any atom is -0.501 e. The second-order valence-electron chi connectivity index (χ2n) is 3.83. The van der Waals surface area contributed by atoms with E-state index in [-0.39, 0.29) is 12.4 Å². The smallest absolute Gasteiger partial charge is 0.310 e. The van der Waals surface area contributed by atoms with Crippen molar-refractivity contribution in [2.24, 2.45) is 0 Å². The van der Waals surface area contributed by atoms with Gasteiger partial charge in [-0.1, -0.05) is 24.3 Å². The number of rotatable bonds is 7. The van der Waals surface area contributed by atoms with Crippen LogP contribution in [0.15, 0.2) is 30.5 Å². The normalized spacial score (nSPS) is 10.9. The highest BCUT2D eigenvalue weighted by atomic mass is 16.5. The lowest BCUT2D eigenvalue weighted by Crippen LogP contribution is -2.07. The molecule has 4 heteroatoms. The van der Waals surface area contributed by atoms with E-state index in [0.717, 1.165) is 17.4 Å². The number of hydrogen-bond acceptors (Lipinski definition) is 4. The summed E-state index contributed by atoms with van der Waals surface area (Å²) in [5.74, 6) is -0.254. The molecule has 4 nitrogen and oxygen atoms in total. The summed E-state index contributed by atoms with van der Waals surface area (Å²) in [7, 11) is 0. The molecule has 0 aliphatic carbocycles. The largest absolute Gasteiger partial charge is 0.501 e. The van der Waals surface area contributed by atoms with E-state index in [9.17, 15) is 9.59 Å². The first-order chi connectivity index (χ1) is 9.21. The highest BCUT2D eigenvalue weighted by Crippen LogP contribution is 2.14. The van der Waals surface area contributed by atoms with Crippen LogP contribution >= 0.6 is 0 Å².